The van der Waals surface area contributed by atoms with Crippen LogP contribution in [0.4, 0.5) is 0 Å². The standard InChI is InChI=1S/C13H14N2O/c1-2-9-12-8(7-15-10(12)3-1)6-11-13(9)16-5-4-14-11/h1-3,7,11,13-15H,4-6H2/t11-,13-/m1/s1. The van der Waals surface area contributed by atoms with Gasteiger partial charge in [0.25, 0.3) is 0 Å². The van der Waals surface area contributed by atoms with Crippen LogP contribution in [0, 0.1) is 0 Å². The van der Waals surface area contributed by atoms with Crippen LogP contribution in [-0.4, -0.2) is 24.2 Å². The Morgan fingerprint density at radius 2 is 2.31 bits per heavy atom. The first-order valence-electron chi connectivity index (χ1n) is 5.87. The molecule has 1 aliphatic carbocycles. The first kappa shape index (κ1) is 8.79. The van der Waals surface area contributed by atoms with Gasteiger partial charge in [-0.05, 0) is 23.6 Å². The highest BCUT2D eigenvalue weighted by atomic mass is 16.5. The molecule has 3 nitrogen and oxygen atoms in total. The Kier molecular flexibility index (Phi) is 1.70. The van der Waals surface area contributed by atoms with Crippen LogP contribution in [0.25, 0.3) is 10.9 Å². The molecule has 2 atom stereocenters. The number of nitrogens with one attached hydrogen (secondary N) is 2. The van der Waals surface area contributed by atoms with E-state index in [9.17, 15) is 0 Å². The summed E-state index contributed by atoms with van der Waals surface area (Å²) in [7, 11) is 0. The zero-order valence-electron chi connectivity index (χ0n) is 8.99. The number of morpholine rings is 1. The molecular weight excluding hydrogens is 200 g/mol. The highest BCUT2D eigenvalue weighted by molar-refractivity contribution is 5.88. The number of H-pyrrole nitrogens is 1. The second-order valence-corrected chi connectivity index (χ2v) is 4.64. The Hall–Kier alpha value is -1.32. The summed E-state index contributed by atoms with van der Waals surface area (Å²) in [5.74, 6) is 0. The van der Waals surface area contributed by atoms with Crippen LogP contribution in [0.2, 0.25) is 0 Å². The fraction of sp³-hybridized carbons (Fsp3) is 0.385. The number of aromatic nitrogens is 1. The second-order valence-electron chi connectivity index (χ2n) is 4.64. The second kappa shape index (κ2) is 3.09. The smallest absolute Gasteiger partial charge is 0.0988 e. The Labute approximate surface area is 93.8 Å². The van der Waals surface area contributed by atoms with Crippen molar-refractivity contribution in [3.8, 4) is 0 Å². The van der Waals surface area contributed by atoms with E-state index >= 15 is 0 Å². The van der Waals surface area contributed by atoms with Gasteiger partial charge in [-0.3, -0.25) is 0 Å². The highest BCUT2D eigenvalue weighted by Gasteiger charge is 2.33. The molecule has 1 aromatic heterocycles. The Morgan fingerprint density at radius 1 is 1.31 bits per heavy atom. The summed E-state index contributed by atoms with van der Waals surface area (Å²) in [6.45, 7) is 1.79. The molecule has 1 aliphatic heterocycles. The van der Waals surface area contributed by atoms with E-state index in [-0.39, 0.29) is 6.10 Å². The molecule has 2 aromatic rings. The van der Waals surface area contributed by atoms with E-state index < -0.39 is 0 Å². The highest BCUT2D eigenvalue weighted by Crippen LogP contribution is 2.38. The van der Waals surface area contributed by atoms with Crippen LogP contribution in [0.15, 0.2) is 24.4 Å². The largest absolute Gasteiger partial charge is 0.371 e. The van der Waals surface area contributed by atoms with E-state index in [0.29, 0.717) is 6.04 Å². The maximum absolute atomic E-state index is 5.92. The SMILES string of the molecule is c1cc2c3c(c[nH]c3c1)C[C@H]1NCCO[C@H]21. The number of hydrogen-bond acceptors (Lipinski definition) is 2. The lowest BCUT2D eigenvalue weighted by molar-refractivity contribution is -0.00620. The molecule has 2 heterocycles. The van der Waals surface area contributed by atoms with Crippen molar-refractivity contribution in [1.82, 2.24) is 10.3 Å². The number of hydrogen-bond donors (Lipinski definition) is 2. The summed E-state index contributed by atoms with van der Waals surface area (Å²) in [5.41, 5.74) is 4.00. The third-order valence-electron chi connectivity index (χ3n) is 3.74. The summed E-state index contributed by atoms with van der Waals surface area (Å²) in [4.78, 5) is 3.35. The average Bonchev–Trinajstić information content (AvgIpc) is 2.75. The van der Waals surface area contributed by atoms with Crippen LogP contribution < -0.4 is 5.32 Å². The maximum atomic E-state index is 5.92. The minimum Gasteiger partial charge on any atom is -0.371 e. The monoisotopic (exact) mass is 214 g/mol. The molecule has 0 saturated carbocycles. The van der Waals surface area contributed by atoms with E-state index in [1.165, 1.54) is 22.0 Å². The summed E-state index contributed by atoms with van der Waals surface area (Å²) in [5, 5.41) is 4.94. The van der Waals surface area contributed by atoms with Crippen molar-refractivity contribution in [1.29, 1.82) is 0 Å². The molecule has 3 heteroatoms. The minimum absolute atomic E-state index is 0.237. The molecule has 0 bridgehead atoms. The molecule has 1 saturated heterocycles. The van der Waals surface area contributed by atoms with Gasteiger partial charge in [-0.2, -0.15) is 0 Å². The van der Waals surface area contributed by atoms with Crippen molar-refractivity contribution in [3.63, 3.8) is 0 Å². The van der Waals surface area contributed by atoms with E-state index in [1.807, 2.05) is 0 Å². The van der Waals surface area contributed by atoms with Gasteiger partial charge in [-0.1, -0.05) is 12.1 Å². The van der Waals surface area contributed by atoms with Crippen molar-refractivity contribution < 1.29 is 4.74 Å². The van der Waals surface area contributed by atoms with Gasteiger partial charge in [-0.25, -0.2) is 0 Å². The van der Waals surface area contributed by atoms with Crippen LogP contribution in [0.1, 0.15) is 17.2 Å². The first-order chi connectivity index (χ1) is 7.93. The van der Waals surface area contributed by atoms with Gasteiger partial charge in [-0.15, -0.1) is 0 Å². The van der Waals surface area contributed by atoms with E-state index in [0.717, 1.165) is 19.6 Å². The van der Waals surface area contributed by atoms with Crippen LogP contribution in [-0.2, 0) is 11.2 Å². The van der Waals surface area contributed by atoms with Gasteiger partial charge in [0, 0.05) is 29.7 Å². The number of ether oxygens (including phenoxy) is 1. The van der Waals surface area contributed by atoms with Gasteiger partial charge in [0.05, 0.1) is 12.7 Å². The Morgan fingerprint density at radius 3 is 3.31 bits per heavy atom. The van der Waals surface area contributed by atoms with E-state index in [4.69, 9.17) is 4.74 Å². The third kappa shape index (κ3) is 1.05. The van der Waals surface area contributed by atoms with Gasteiger partial charge in [0.1, 0.15) is 0 Å². The fourth-order valence-electron chi connectivity index (χ4n) is 3.06. The molecule has 1 fully saturated rings. The number of fused-ring (bicyclic) bond motifs is 2. The van der Waals surface area contributed by atoms with Crippen molar-refractivity contribution in [2.45, 2.75) is 18.6 Å². The molecular formula is C13H14N2O. The van der Waals surface area contributed by atoms with Gasteiger partial charge >= 0.3 is 0 Å². The summed E-state index contributed by atoms with van der Waals surface area (Å²) in [6.07, 6.45) is 3.45. The quantitative estimate of drug-likeness (QED) is 0.701. The van der Waals surface area contributed by atoms with E-state index in [1.54, 1.807) is 0 Å². The molecule has 0 spiro atoms. The van der Waals surface area contributed by atoms with Gasteiger partial charge < -0.3 is 15.0 Å². The van der Waals surface area contributed by atoms with E-state index in [2.05, 4.69) is 34.7 Å². The molecule has 2 aliphatic rings. The molecule has 0 amide bonds. The van der Waals surface area contributed by atoms with Crippen molar-refractivity contribution in [2.24, 2.45) is 0 Å². The fourth-order valence-corrected chi connectivity index (χ4v) is 3.06. The average molecular weight is 214 g/mol. The van der Waals surface area contributed by atoms with Crippen molar-refractivity contribution >= 4 is 10.9 Å². The predicted molar refractivity (Wildman–Crippen MR) is 62.5 cm³/mol. The topological polar surface area (TPSA) is 37.0 Å². The number of rotatable bonds is 0. The third-order valence-corrected chi connectivity index (χ3v) is 3.74. The molecule has 0 radical (unpaired) electrons. The lowest BCUT2D eigenvalue weighted by Crippen LogP contribution is -2.46. The van der Waals surface area contributed by atoms with Gasteiger partial charge in [0.15, 0.2) is 0 Å². The molecule has 1 aromatic carbocycles. The lowest BCUT2D eigenvalue weighted by Gasteiger charge is -2.36. The van der Waals surface area contributed by atoms with Crippen LogP contribution >= 0.6 is 0 Å². The number of benzene rings is 1. The summed E-state index contributed by atoms with van der Waals surface area (Å²) < 4.78 is 5.92. The van der Waals surface area contributed by atoms with Crippen LogP contribution in [0.3, 0.4) is 0 Å². The zero-order valence-corrected chi connectivity index (χ0v) is 8.99. The summed E-state index contributed by atoms with van der Waals surface area (Å²) in [6, 6.07) is 6.89. The number of aromatic amines is 1. The van der Waals surface area contributed by atoms with Crippen molar-refractivity contribution in [2.75, 3.05) is 13.2 Å². The Balaban J connectivity index is 1.98. The van der Waals surface area contributed by atoms with Gasteiger partial charge in [0.2, 0.25) is 0 Å². The predicted octanol–water partition coefficient (Wildman–Crippen LogP) is 1.75. The lowest BCUT2D eigenvalue weighted by atomic mass is 9.86. The maximum Gasteiger partial charge on any atom is 0.0988 e. The van der Waals surface area contributed by atoms with Crippen molar-refractivity contribution in [3.05, 3.63) is 35.5 Å². The molecule has 4 rings (SSSR count). The normalized spacial score (nSPS) is 28.0. The summed E-state index contributed by atoms with van der Waals surface area (Å²) >= 11 is 0. The molecule has 0 unspecified atom stereocenters. The van der Waals surface area contributed by atoms with Crippen LogP contribution in [0.5, 0.6) is 0 Å². The molecule has 2 N–H and O–H groups in total. The Bertz CT molecular complexity index is 546. The minimum atomic E-state index is 0.237. The molecule has 16 heavy (non-hydrogen) atoms. The molecule has 82 valence electrons. The first-order valence-corrected chi connectivity index (χ1v) is 5.87. The zero-order chi connectivity index (χ0) is 10.5.